The highest BCUT2D eigenvalue weighted by Gasteiger charge is 2.30. The van der Waals surface area contributed by atoms with Gasteiger partial charge >= 0.3 is 12.1 Å². The van der Waals surface area contributed by atoms with Gasteiger partial charge in [0.1, 0.15) is 6.54 Å². The summed E-state index contributed by atoms with van der Waals surface area (Å²) >= 11 is 0. The molecule has 0 aliphatic rings. The van der Waals surface area contributed by atoms with Crippen molar-refractivity contribution in [1.82, 2.24) is 4.57 Å². The lowest BCUT2D eigenvalue weighted by atomic mass is 10.1. The fraction of sp³-hybridized carbons (Fsp3) is 0.333. The van der Waals surface area contributed by atoms with E-state index in [1.165, 1.54) is 44.2 Å². The molecule has 7 nitrogen and oxygen atoms in total. The molecule has 0 radical (unpaired) electrons. The van der Waals surface area contributed by atoms with E-state index >= 15 is 0 Å². The lowest BCUT2D eigenvalue weighted by molar-refractivity contribution is -0.141. The molecule has 0 aliphatic carbocycles. The molecule has 2 aromatic rings. The number of carbonyl (C=O) groups excluding carboxylic acids is 2. The summed E-state index contributed by atoms with van der Waals surface area (Å²) in [4.78, 5) is 24.6. The number of ketones is 1. The number of benzene rings is 1. The van der Waals surface area contributed by atoms with Crippen LogP contribution in [0.2, 0.25) is 0 Å². The zero-order valence-corrected chi connectivity index (χ0v) is 16.6. The Morgan fingerprint density at radius 2 is 1.76 bits per heavy atom. The highest BCUT2D eigenvalue weighted by molar-refractivity contribution is 7.92. The first-order valence-electron chi connectivity index (χ1n) is 8.29. The quantitative estimate of drug-likeness (QED) is 0.536. The number of aromatic nitrogens is 1. The molecule has 0 spiro atoms. The molecule has 1 N–H and O–H groups in total. The predicted octanol–water partition coefficient (Wildman–Crippen LogP) is 3.08. The van der Waals surface area contributed by atoms with Crippen molar-refractivity contribution in [2.45, 2.75) is 26.6 Å². The third-order valence-electron chi connectivity index (χ3n) is 3.99. The third kappa shape index (κ3) is 6.08. The Kier molecular flexibility index (Phi) is 6.41. The van der Waals surface area contributed by atoms with Gasteiger partial charge in [-0.25, -0.2) is 13.2 Å². The molecule has 0 fully saturated rings. The maximum atomic E-state index is 12.7. The van der Waals surface area contributed by atoms with Crippen molar-refractivity contribution in [3.05, 3.63) is 52.8 Å². The molecule has 1 heterocycles. The summed E-state index contributed by atoms with van der Waals surface area (Å²) in [5.74, 6) is -1.62. The zero-order valence-electron chi connectivity index (χ0n) is 15.8. The van der Waals surface area contributed by atoms with Crippen LogP contribution >= 0.6 is 0 Å². The molecule has 1 aromatic heterocycles. The van der Waals surface area contributed by atoms with Crippen molar-refractivity contribution in [2.75, 3.05) is 17.6 Å². The third-order valence-corrected chi connectivity index (χ3v) is 4.58. The minimum Gasteiger partial charge on any atom is -0.454 e. The van der Waals surface area contributed by atoms with E-state index in [9.17, 15) is 31.2 Å². The number of carbonyl (C=O) groups is 2. The van der Waals surface area contributed by atoms with Crippen LogP contribution in [0.5, 0.6) is 0 Å². The summed E-state index contributed by atoms with van der Waals surface area (Å²) in [6.07, 6.45) is -3.53. The molecule has 0 aliphatic heterocycles. The van der Waals surface area contributed by atoms with Crippen LogP contribution in [-0.2, 0) is 21.3 Å². The van der Waals surface area contributed by atoms with Crippen LogP contribution in [-0.4, -0.2) is 43.8 Å². The van der Waals surface area contributed by atoms with Gasteiger partial charge in [0.2, 0.25) is 15.8 Å². The van der Waals surface area contributed by atoms with Crippen LogP contribution in [0.1, 0.15) is 32.1 Å². The van der Waals surface area contributed by atoms with Gasteiger partial charge in [0.25, 0.3) is 0 Å². The Morgan fingerprint density at radius 1 is 1.14 bits per heavy atom. The number of nitrogens with zero attached hydrogens (tertiary/aromatic N) is 1. The molecule has 0 atom stereocenters. The minimum atomic E-state index is -4.45. The molecule has 1 aromatic carbocycles. The van der Waals surface area contributed by atoms with Crippen molar-refractivity contribution in [3.8, 4) is 0 Å². The SMILES string of the molecule is Cc1cc(C(=O)COC(=O)c2ccccc2NS(C)(=O)=O)c(C)n1CC(F)(F)F. The van der Waals surface area contributed by atoms with Crippen LogP contribution in [0.25, 0.3) is 0 Å². The fourth-order valence-electron chi connectivity index (χ4n) is 2.74. The van der Waals surface area contributed by atoms with E-state index in [1.54, 1.807) is 0 Å². The van der Waals surface area contributed by atoms with Gasteiger partial charge in [-0.2, -0.15) is 13.2 Å². The van der Waals surface area contributed by atoms with Crippen molar-refractivity contribution in [3.63, 3.8) is 0 Å². The molecule has 0 saturated carbocycles. The minimum absolute atomic E-state index is 0.0158. The lowest BCUT2D eigenvalue weighted by Gasteiger charge is -2.12. The van der Waals surface area contributed by atoms with Gasteiger partial charge in [0.15, 0.2) is 6.61 Å². The maximum absolute atomic E-state index is 12.7. The van der Waals surface area contributed by atoms with Crippen LogP contribution in [0.15, 0.2) is 30.3 Å². The highest BCUT2D eigenvalue weighted by Crippen LogP contribution is 2.24. The van der Waals surface area contributed by atoms with Crippen molar-refractivity contribution >= 4 is 27.5 Å². The van der Waals surface area contributed by atoms with Crippen LogP contribution in [0.3, 0.4) is 0 Å². The monoisotopic (exact) mass is 432 g/mol. The molecule has 158 valence electrons. The van der Waals surface area contributed by atoms with Crippen LogP contribution in [0, 0.1) is 13.8 Å². The molecule has 0 bridgehead atoms. The number of anilines is 1. The summed E-state index contributed by atoms with van der Waals surface area (Å²) in [6, 6.07) is 6.96. The first-order valence-corrected chi connectivity index (χ1v) is 10.2. The van der Waals surface area contributed by atoms with E-state index < -0.39 is 41.1 Å². The molecule has 0 saturated heterocycles. The largest absolute Gasteiger partial charge is 0.454 e. The van der Waals surface area contributed by atoms with E-state index in [4.69, 9.17) is 4.74 Å². The number of rotatable bonds is 7. The van der Waals surface area contributed by atoms with Gasteiger partial charge in [-0.3, -0.25) is 9.52 Å². The standard InChI is InChI=1S/C18H19F3N2O5S/c1-11-8-14(12(2)23(11)10-18(19,20)21)16(24)9-28-17(25)13-6-4-5-7-15(13)22-29(3,26)27/h4-8,22H,9-10H2,1-3H3. The number of halogens is 3. The second-order valence-corrected chi connectivity index (χ2v) is 8.15. The second kappa shape index (κ2) is 8.27. The number of aryl methyl sites for hydroxylation is 1. The van der Waals surface area contributed by atoms with Gasteiger partial charge in [0, 0.05) is 17.0 Å². The van der Waals surface area contributed by atoms with Crippen molar-refractivity contribution in [2.24, 2.45) is 0 Å². The summed E-state index contributed by atoms with van der Waals surface area (Å²) in [5.41, 5.74) is 0.253. The number of Topliss-reactive ketones (excluding diaryl/α,β-unsaturated/α-hetero) is 1. The Labute approximate surface area is 165 Å². The number of hydrogen-bond donors (Lipinski definition) is 1. The van der Waals surface area contributed by atoms with E-state index in [0.29, 0.717) is 0 Å². The molecule has 0 amide bonds. The lowest BCUT2D eigenvalue weighted by Crippen LogP contribution is -2.20. The molecule has 29 heavy (non-hydrogen) atoms. The Hall–Kier alpha value is -2.82. The second-order valence-electron chi connectivity index (χ2n) is 6.41. The fourth-order valence-corrected chi connectivity index (χ4v) is 3.32. The van der Waals surface area contributed by atoms with E-state index in [1.807, 2.05) is 0 Å². The first kappa shape index (κ1) is 22.5. The summed E-state index contributed by atoms with van der Waals surface area (Å²) in [5, 5.41) is 0. The summed E-state index contributed by atoms with van der Waals surface area (Å²) < 4.78 is 68.9. The molecule has 0 unspecified atom stereocenters. The normalized spacial score (nSPS) is 11.9. The Balaban J connectivity index is 2.15. The van der Waals surface area contributed by atoms with Gasteiger partial charge in [-0.15, -0.1) is 0 Å². The van der Waals surface area contributed by atoms with Gasteiger partial charge < -0.3 is 9.30 Å². The van der Waals surface area contributed by atoms with Crippen LogP contribution in [0.4, 0.5) is 18.9 Å². The first-order chi connectivity index (χ1) is 13.3. The Morgan fingerprint density at radius 3 is 2.34 bits per heavy atom. The van der Waals surface area contributed by atoms with Gasteiger partial charge in [-0.05, 0) is 32.0 Å². The molecular weight excluding hydrogens is 413 g/mol. The number of alkyl halides is 3. The number of hydrogen-bond acceptors (Lipinski definition) is 5. The summed E-state index contributed by atoms with van der Waals surface area (Å²) in [6.45, 7) is 0.873. The molecule has 11 heteroatoms. The number of sulfonamides is 1. The van der Waals surface area contributed by atoms with Crippen molar-refractivity contribution < 1.29 is 35.9 Å². The van der Waals surface area contributed by atoms with Crippen molar-refractivity contribution in [1.29, 1.82) is 0 Å². The van der Waals surface area contributed by atoms with Crippen LogP contribution < -0.4 is 4.72 Å². The van der Waals surface area contributed by atoms with E-state index in [-0.39, 0.29) is 28.2 Å². The number of para-hydroxylation sites is 1. The van der Waals surface area contributed by atoms with E-state index in [0.717, 1.165) is 10.8 Å². The molecular formula is C18H19F3N2O5S. The number of nitrogens with one attached hydrogen (secondary N) is 1. The average Bonchev–Trinajstić information content (AvgIpc) is 2.85. The van der Waals surface area contributed by atoms with Gasteiger partial charge in [-0.1, -0.05) is 12.1 Å². The topological polar surface area (TPSA) is 94.5 Å². The maximum Gasteiger partial charge on any atom is 0.406 e. The predicted molar refractivity (Wildman–Crippen MR) is 99.5 cm³/mol. The van der Waals surface area contributed by atoms with Gasteiger partial charge in [0.05, 0.1) is 17.5 Å². The highest BCUT2D eigenvalue weighted by atomic mass is 32.2. The summed E-state index contributed by atoms with van der Waals surface area (Å²) in [7, 11) is -3.65. The zero-order chi connectivity index (χ0) is 22.0. The number of esters is 1. The Bertz CT molecular complexity index is 1040. The smallest absolute Gasteiger partial charge is 0.406 e. The number of ether oxygens (including phenoxy) is 1. The average molecular weight is 432 g/mol. The molecule has 2 rings (SSSR count). The van der Waals surface area contributed by atoms with E-state index in [2.05, 4.69) is 4.72 Å².